The summed E-state index contributed by atoms with van der Waals surface area (Å²) in [6.07, 6.45) is 0.589. The van der Waals surface area contributed by atoms with Gasteiger partial charge in [0.2, 0.25) is 0 Å². The monoisotopic (exact) mass is 319 g/mol. The third kappa shape index (κ3) is 4.01. The SMILES string of the molecule is CC(C)C(O)CNC(=O)c1ccnn(-c2cccc(F)c2)c1=O. The summed E-state index contributed by atoms with van der Waals surface area (Å²) >= 11 is 0. The second-order valence-electron chi connectivity index (χ2n) is 5.46. The molecule has 6 nitrogen and oxygen atoms in total. The van der Waals surface area contributed by atoms with Crippen molar-refractivity contribution in [2.24, 2.45) is 5.92 Å². The Labute approximate surface area is 132 Å². The summed E-state index contributed by atoms with van der Waals surface area (Å²) in [7, 11) is 0. The zero-order valence-corrected chi connectivity index (χ0v) is 12.9. The van der Waals surface area contributed by atoms with Crippen molar-refractivity contribution in [2.75, 3.05) is 6.54 Å². The van der Waals surface area contributed by atoms with Crippen LogP contribution in [0.1, 0.15) is 24.2 Å². The van der Waals surface area contributed by atoms with Gasteiger partial charge in [-0.15, -0.1) is 0 Å². The highest BCUT2D eigenvalue weighted by Gasteiger charge is 2.16. The largest absolute Gasteiger partial charge is 0.391 e. The van der Waals surface area contributed by atoms with Crippen molar-refractivity contribution < 1.29 is 14.3 Å². The van der Waals surface area contributed by atoms with E-state index in [4.69, 9.17) is 0 Å². The summed E-state index contributed by atoms with van der Waals surface area (Å²) in [5.74, 6) is -1.13. The van der Waals surface area contributed by atoms with Crippen LogP contribution in [-0.2, 0) is 0 Å². The zero-order valence-electron chi connectivity index (χ0n) is 12.9. The van der Waals surface area contributed by atoms with Gasteiger partial charge in [-0.2, -0.15) is 9.78 Å². The molecule has 0 fully saturated rings. The van der Waals surface area contributed by atoms with Crippen LogP contribution < -0.4 is 10.9 Å². The van der Waals surface area contributed by atoms with Crippen LogP contribution in [0.3, 0.4) is 0 Å². The standard InChI is InChI=1S/C16H18FN3O3/c1-10(2)14(21)9-18-15(22)13-6-7-19-20(16(13)23)12-5-3-4-11(17)8-12/h3-8,10,14,21H,9H2,1-2H3,(H,18,22). The van der Waals surface area contributed by atoms with E-state index in [0.29, 0.717) is 0 Å². The fraction of sp³-hybridized carbons (Fsp3) is 0.312. The predicted octanol–water partition coefficient (Wildman–Crippen LogP) is 1.12. The minimum Gasteiger partial charge on any atom is -0.391 e. The normalized spacial score (nSPS) is 12.2. The summed E-state index contributed by atoms with van der Waals surface area (Å²) in [6.45, 7) is 3.68. The summed E-state index contributed by atoms with van der Waals surface area (Å²) < 4.78 is 14.2. The predicted molar refractivity (Wildman–Crippen MR) is 83.0 cm³/mol. The third-order valence-electron chi connectivity index (χ3n) is 3.38. The molecule has 0 radical (unpaired) electrons. The Hall–Kier alpha value is -2.54. The van der Waals surface area contributed by atoms with Gasteiger partial charge in [-0.25, -0.2) is 4.39 Å². The highest BCUT2D eigenvalue weighted by atomic mass is 19.1. The molecule has 1 aromatic carbocycles. The molecular formula is C16H18FN3O3. The van der Waals surface area contributed by atoms with E-state index < -0.39 is 23.4 Å². The second-order valence-corrected chi connectivity index (χ2v) is 5.46. The van der Waals surface area contributed by atoms with Crippen LogP contribution >= 0.6 is 0 Å². The summed E-state index contributed by atoms with van der Waals surface area (Å²) in [5.41, 5.74) is -0.554. The zero-order chi connectivity index (χ0) is 17.0. The van der Waals surface area contributed by atoms with Gasteiger partial charge < -0.3 is 10.4 Å². The van der Waals surface area contributed by atoms with Gasteiger partial charge in [0.25, 0.3) is 11.5 Å². The van der Waals surface area contributed by atoms with E-state index in [0.717, 1.165) is 10.7 Å². The number of hydrogen-bond donors (Lipinski definition) is 2. The molecule has 2 aromatic rings. The average molecular weight is 319 g/mol. The van der Waals surface area contributed by atoms with Gasteiger partial charge in [0.1, 0.15) is 11.4 Å². The number of carbonyl (C=O) groups is 1. The molecular weight excluding hydrogens is 301 g/mol. The molecule has 2 rings (SSSR count). The molecule has 2 N–H and O–H groups in total. The number of rotatable bonds is 5. The van der Waals surface area contributed by atoms with Crippen LogP contribution in [0, 0.1) is 11.7 Å². The number of aromatic nitrogens is 2. The number of hydrogen-bond acceptors (Lipinski definition) is 4. The first kappa shape index (κ1) is 16.8. The molecule has 0 saturated heterocycles. The minimum atomic E-state index is -0.703. The molecule has 1 amide bonds. The highest BCUT2D eigenvalue weighted by Crippen LogP contribution is 2.06. The van der Waals surface area contributed by atoms with Crippen molar-refractivity contribution in [3.8, 4) is 5.69 Å². The van der Waals surface area contributed by atoms with Gasteiger partial charge >= 0.3 is 0 Å². The quantitative estimate of drug-likeness (QED) is 0.865. The molecule has 1 aromatic heterocycles. The smallest absolute Gasteiger partial charge is 0.284 e. The molecule has 0 aliphatic rings. The Morgan fingerprint density at radius 1 is 1.39 bits per heavy atom. The van der Waals surface area contributed by atoms with E-state index in [1.807, 2.05) is 13.8 Å². The first-order chi connectivity index (χ1) is 10.9. The lowest BCUT2D eigenvalue weighted by molar-refractivity contribution is 0.0869. The number of benzene rings is 1. The van der Waals surface area contributed by atoms with Gasteiger partial charge in [0.05, 0.1) is 11.8 Å². The van der Waals surface area contributed by atoms with Gasteiger partial charge in [0.15, 0.2) is 0 Å². The van der Waals surface area contributed by atoms with Gasteiger partial charge in [-0.3, -0.25) is 9.59 Å². The molecule has 0 bridgehead atoms. The lowest BCUT2D eigenvalue weighted by atomic mass is 10.1. The number of aliphatic hydroxyl groups is 1. The Morgan fingerprint density at radius 3 is 2.78 bits per heavy atom. The van der Waals surface area contributed by atoms with Crippen molar-refractivity contribution >= 4 is 5.91 Å². The lowest BCUT2D eigenvalue weighted by Crippen LogP contribution is -2.38. The Balaban J connectivity index is 2.26. The van der Waals surface area contributed by atoms with Crippen molar-refractivity contribution in [1.82, 2.24) is 15.1 Å². The summed E-state index contributed by atoms with van der Waals surface area (Å²) in [6, 6.07) is 6.65. The summed E-state index contributed by atoms with van der Waals surface area (Å²) in [4.78, 5) is 24.5. The average Bonchev–Trinajstić information content (AvgIpc) is 2.52. The molecule has 0 aliphatic carbocycles. The van der Waals surface area contributed by atoms with Gasteiger partial charge in [-0.1, -0.05) is 19.9 Å². The van der Waals surface area contributed by atoms with Crippen molar-refractivity contribution in [1.29, 1.82) is 0 Å². The topological polar surface area (TPSA) is 84.2 Å². The van der Waals surface area contributed by atoms with E-state index in [2.05, 4.69) is 10.4 Å². The Kier molecular flexibility index (Phi) is 5.23. The first-order valence-corrected chi connectivity index (χ1v) is 7.20. The van der Waals surface area contributed by atoms with E-state index >= 15 is 0 Å². The maximum atomic E-state index is 13.3. The van der Waals surface area contributed by atoms with E-state index in [1.54, 1.807) is 0 Å². The third-order valence-corrected chi connectivity index (χ3v) is 3.38. The lowest BCUT2D eigenvalue weighted by Gasteiger charge is -2.15. The first-order valence-electron chi connectivity index (χ1n) is 7.20. The molecule has 23 heavy (non-hydrogen) atoms. The van der Waals surface area contributed by atoms with Gasteiger partial charge in [0, 0.05) is 12.7 Å². The van der Waals surface area contributed by atoms with Crippen LogP contribution in [0.15, 0.2) is 41.3 Å². The molecule has 1 heterocycles. The van der Waals surface area contributed by atoms with Crippen LogP contribution in [-0.4, -0.2) is 33.4 Å². The maximum absolute atomic E-state index is 13.3. The van der Waals surface area contributed by atoms with Crippen molar-refractivity contribution in [2.45, 2.75) is 20.0 Å². The maximum Gasteiger partial charge on any atom is 0.284 e. The van der Waals surface area contributed by atoms with Gasteiger partial charge in [-0.05, 0) is 30.2 Å². The fourth-order valence-electron chi connectivity index (χ4n) is 1.91. The van der Waals surface area contributed by atoms with Crippen LogP contribution in [0.5, 0.6) is 0 Å². The Bertz CT molecular complexity index is 758. The number of halogens is 1. The Morgan fingerprint density at radius 2 is 2.13 bits per heavy atom. The molecule has 0 saturated carbocycles. The van der Waals surface area contributed by atoms with Crippen LogP contribution in [0.2, 0.25) is 0 Å². The number of aliphatic hydroxyl groups excluding tert-OH is 1. The number of nitrogens with zero attached hydrogens (tertiary/aromatic N) is 2. The molecule has 0 aliphatic heterocycles. The summed E-state index contributed by atoms with van der Waals surface area (Å²) in [5, 5.41) is 16.1. The number of carbonyl (C=O) groups excluding carboxylic acids is 1. The van der Waals surface area contributed by atoms with Crippen molar-refractivity contribution in [3.63, 3.8) is 0 Å². The molecule has 1 unspecified atom stereocenters. The van der Waals surface area contributed by atoms with Crippen LogP contribution in [0.4, 0.5) is 4.39 Å². The van der Waals surface area contributed by atoms with Crippen molar-refractivity contribution in [3.05, 3.63) is 58.3 Å². The highest BCUT2D eigenvalue weighted by molar-refractivity contribution is 5.93. The fourth-order valence-corrected chi connectivity index (χ4v) is 1.91. The molecule has 1 atom stereocenters. The molecule has 0 spiro atoms. The molecule has 122 valence electrons. The van der Waals surface area contributed by atoms with E-state index in [9.17, 15) is 19.1 Å². The van der Waals surface area contributed by atoms with Crippen LogP contribution in [0.25, 0.3) is 5.69 Å². The molecule has 7 heteroatoms. The number of amides is 1. The van der Waals surface area contributed by atoms with E-state index in [-0.39, 0.29) is 23.7 Å². The second kappa shape index (κ2) is 7.15. The number of nitrogens with one attached hydrogen (secondary N) is 1. The minimum absolute atomic E-state index is 0.0170. The van der Waals surface area contributed by atoms with E-state index in [1.165, 1.54) is 30.5 Å².